The molecule has 0 saturated carbocycles. The molecule has 0 atom stereocenters. The zero-order valence-electron chi connectivity index (χ0n) is 16.1. The van der Waals surface area contributed by atoms with Gasteiger partial charge in [-0.15, -0.1) is 0 Å². The van der Waals surface area contributed by atoms with Crippen LogP contribution in [0.15, 0.2) is 60.7 Å². The first-order valence-electron chi connectivity index (χ1n) is 9.03. The first kappa shape index (κ1) is 20.0. The van der Waals surface area contributed by atoms with E-state index in [2.05, 4.69) is 0 Å². The van der Waals surface area contributed by atoms with E-state index < -0.39 is 17.5 Å². The van der Waals surface area contributed by atoms with Crippen molar-refractivity contribution in [3.8, 4) is 0 Å². The van der Waals surface area contributed by atoms with E-state index in [9.17, 15) is 19.7 Å². The lowest BCUT2D eigenvalue weighted by molar-refractivity contribution is -0.385. The van der Waals surface area contributed by atoms with Crippen molar-refractivity contribution in [1.29, 1.82) is 0 Å². The highest BCUT2D eigenvalue weighted by Gasteiger charge is 2.22. The molecule has 0 aliphatic carbocycles. The molecule has 3 aromatic rings. The molecule has 0 radical (unpaired) electrons. The van der Waals surface area contributed by atoms with Crippen molar-refractivity contribution in [3.63, 3.8) is 0 Å². The molecule has 2 aromatic carbocycles. The number of nitro groups is 1. The maximum Gasteiger partial charge on any atom is 0.345 e. The number of carbonyl (C=O) groups excluding carboxylic acids is 2. The Labute approximate surface area is 167 Å². The number of carbonyl (C=O) groups is 2. The highest BCUT2D eigenvalue weighted by Crippen LogP contribution is 2.20. The number of para-hydroxylation sites is 1. The van der Waals surface area contributed by atoms with Gasteiger partial charge in [0, 0.05) is 29.6 Å². The molecule has 3 rings (SSSR count). The second-order valence-electron chi connectivity index (χ2n) is 6.63. The van der Waals surface area contributed by atoms with Crippen LogP contribution in [0.25, 0.3) is 0 Å². The second kappa shape index (κ2) is 8.52. The smallest absolute Gasteiger partial charge is 0.345 e. The summed E-state index contributed by atoms with van der Waals surface area (Å²) in [7, 11) is 0. The van der Waals surface area contributed by atoms with Crippen molar-refractivity contribution in [3.05, 3.63) is 98.9 Å². The van der Waals surface area contributed by atoms with Crippen LogP contribution in [0.4, 0.5) is 5.69 Å². The molecular weight excluding hydrogens is 372 g/mol. The number of ketones is 1. The molecule has 1 aromatic heterocycles. The fraction of sp³-hybridized carbons (Fsp3) is 0.182. The van der Waals surface area contributed by atoms with Gasteiger partial charge < -0.3 is 9.30 Å². The SMILES string of the molecule is Cc1cc(C(=O)COC(=O)c2ccccc2[N+](=O)[O-])c(C)n1Cc1ccccc1. The largest absolute Gasteiger partial charge is 0.454 e. The first-order chi connectivity index (χ1) is 13.9. The zero-order valence-corrected chi connectivity index (χ0v) is 16.1. The fourth-order valence-electron chi connectivity index (χ4n) is 3.18. The summed E-state index contributed by atoms with van der Waals surface area (Å²) in [6, 6.07) is 17.1. The van der Waals surface area contributed by atoms with Crippen LogP contribution in [0.1, 0.15) is 37.7 Å². The molecule has 7 heteroatoms. The number of hydrogen-bond donors (Lipinski definition) is 0. The number of ether oxygens (including phenoxy) is 1. The van der Waals surface area contributed by atoms with Crippen LogP contribution < -0.4 is 0 Å². The van der Waals surface area contributed by atoms with Gasteiger partial charge in [-0.05, 0) is 31.5 Å². The number of nitro benzene ring substituents is 1. The van der Waals surface area contributed by atoms with Gasteiger partial charge in [0.1, 0.15) is 5.56 Å². The number of aromatic nitrogens is 1. The van der Waals surface area contributed by atoms with Gasteiger partial charge in [-0.1, -0.05) is 42.5 Å². The predicted octanol–water partition coefficient (Wildman–Crippen LogP) is 4.10. The first-order valence-corrected chi connectivity index (χ1v) is 9.03. The van der Waals surface area contributed by atoms with Gasteiger partial charge >= 0.3 is 5.97 Å². The quantitative estimate of drug-likeness (QED) is 0.261. The zero-order chi connectivity index (χ0) is 21.0. The van der Waals surface area contributed by atoms with Crippen LogP contribution in [0.3, 0.4) is 0 Å². The van der Waals surface area contributed by atoms with Gasteiger partial charge in [-0.25, -0.2) is 4.79 Å². The van der Waals surface area contributed by atoms with E-state index >= 15 is 0 Å². The summed E-state index contributed by atoms with van der Waals surface area (Å²) < 4.78 is 7.08. The summed E-state index contributed by atoms with van der Waals surface area (Å²) in [4.78, 5) is 35.2. The Hall–Kier alpha value is -3.74. The van der Waals surface area contributed by atoms with Crippen molar-refractivity contribution in [2.45, 2.75) is 20.4 Å². The third-order valence-corrected chi connectivity index (χ3v) is 4.71. The third-order valence-electron chi connectivity index (χ3n) is 4.71. The standard InChI is InChI=1S/C22H20N2O5/c1-15-12-19(16(2)23(15)13-17-8-4-3-5-9-17)21(25)14-29-22(26)18-10-6-7-11-20(18)24(27)28/h3-12H,13-14H2,1-2H3. The molecule has 0 N–H and O–H groups in total. The molecule has 0 saturated heterocycles. The van der Waals surface area contributed by atoms with Gasteiger partial charge in [0.2, 0.25) is 5.78 Å². The molecule has 0 unspecified atom stereocenters. The minimum Gasteiger partial charge on any atom is -0.454 e. The van der Waals surface area contributed by atoms with Crippen LogP contribution in [0, 0.1) is 24.0 Å². The lowest BCUT2D eigenvalue weighted by atomic mass is 10.1. The molecule has 7 nitrogen and oxygen atoms in total. The van der Waals surface area contributed by atoms with Crippen molar-refractivity contribution in [1.82, 2.24) is 4.57 Å². The van der Waals surface area contributed by atoms with Crippen molar-refractivity contribution >= 4 is 17.4 Å². The van der Waals surface area contributed by atoms with Gasteiger partial charge in [-0.3, -0.25) is 14.9 Å². The average molecular weight is 392 g/mol. The molecule has 0 fully saturated rings. The molecule has 0 aliphatic heterocycles. The summed E-state index contributed by atoms with van der Waals surface area (Å²) in [5, 5.41) is 11.0. The fourth-order valence-corrected chi connectivity index (χ4v) is 3.18. The summed E-state index contributed by atoms with van der Waals surface area (Å²) >= 11 is 0. The molecule has 0 aliphatic rings. The topological polar surface area (TPSA) is 91.4 Å². The summed E-state index contributed by atoms with van der Waals surface area (Å²) in [5.41, 5.74) is 2.73. The van der Waals surface area contributed by atoms with Gasteiger partial charge in [-0.2, -0.15) is 0 Å². The number of hydrogen-bond acceptors (Lipinski definition) is 5. The average Bonchev–Trinajstić information content (AvgIpc) is 3.00. The van der Waals surface area contributed by atoms with Crippen molar-refractivity contribution in [2.75, 3.05) is 6.61 Å². The third kappa shape index (κ3) is 4.40. The monoisotopic (exact) mass is 392 g/mol. The van der Waals surface area contributed by atoms with Crippen LogP contribution in [-0.4, -0.2) is 27.8 Å². The molecule has 29 heavy (non-hydrogen) atoms. The van der Waals surface area contributed by atoms with E-state index in [0.717, 1.165) is 17.0 Å². The van der Waals surface area contributed by atoms with Crippen molar-refractivity contribution in [2.24, 2.45) is 0 Å². The number of Topliss-reactive ketones (excluding diaryl/α,β-unsaturated/α-hetero) is 1. The summed E-state index contributed by atoms with van der Waals surface area (Å²) in [6.07, 6.45) is 0. The molecule has 0 spiro atoms. The van der Waals surface area contributed by atoms with Crippen LogP contribution in [0.5, 0.6) is 0 Å². The number of rotatable bonds is 7. The minimum absolute atomic E-state index is 0.181. The second-order valence-corrected chi connectivity index (χ2v) is 6.63. The Balaban J connectivity index is 1.73. The molecule has 148 valence electrons. The van der Waals surface area contributed by atoms with Crippen LogP contribution in [0.2, 0.25) is 0 Å². The highest BCUT2D eigenvalue weighted by atomic mass is 16.6. The van der Waals surface area contributed by atoms with E-state index in [-0.39, 0.29) is 17.0 Å². The van der Waals surface area contributed by atoms with Crippen molar-refractivity contribution < 1.29 is 19.2 Å². The van der Waals surface area contributed by atoms with Crippen LogP contribution >= 0.6 is 0 Å². The van der Waals surface area contributed by atoms with E-state index in [1.165, 1.54) is 24.3 Å². The number of esters is 1. The van der Waals surface area contributed by atoms with Gasteiger partial charge in [0.05, 0.1) is 4.92 Å². The Bertz CT molecular complexity index is 1070. The highest BCUT2D eigenvalue weighted by molar-refractivity contribution is 6.01. The maximum absolute atomic E-state index is 12.6. The lowest BCUT2D eigenvalue weighted by Crippen LogP contribution is -2.16. The minimum atomic E-state index is -0.899. The van der Waals surface area contributed by atoms with E-state index in [1.807, 2.05) is 48.7 Å². The van der Waals surface area contributed by atoms with E-state index in [0.29, 0.717) is 12.1 Å². The van der Waals surface area contributed by atoms with E-state index in [1.54, 1.807) is 6.07 Å². The Morgan fingerprint density at radius 3 is 2.34 bits per heavy atom. The molecule has 0 amide bonds. The summed E-state index contributed by atoms with van der Waals surface area (Å²) in [6.45, 7) is 3.89. The number of nitrogens with zero attached hydrogens (tertiary/aromatic N) is 2. The lowest BCUT2D eigenvalue weighted by Gasteiger charge is -2.10. The molecular formula is C22H20N2O5. The number of benzene rings is 2. The van der Waals surface area contributed by atoms with Crippen LogP contribution in [-0.2, 0) is 11.3 Å². The Kier molecular flexibility index (Phi) is 5.87. The normalized spacial score (nSPS) is 10.6. The van der Waals surface area contributed by atoms with Gasteiger partial charge in [0.25, 0.3) is 5.69 Å². The van der Waals surface area contributed by atoms with Gasteiger partial charge in [0.15, 0.2) is 6.61 Å². The predicted molar refractivity (Wildman–Crippen MR) is 107 cm³/mol. The summed E-state index contributed by atoms with van der Waals surface area (Å²) in [5.74, 6) is -1.26. The van der Waals surface area contributed by atoms with E-state index in [4.69, 9.17) is 4.74 Å². The Morgan fingerprint density at radius 1 is 1.00 bits per heavy atom. The molecule has 0 bridgehead atoms. The molecule has 1 heterocycles. The number of aryl methyl sites for hydroxylation is 1. The maximum atomic E-state index is 12.6. The Morgan fingerprint density at radius 2 is 1.66 bits per heavy atom.